The fourth-order valence-electron chi connectivity index (χ4n) is 5.03. The molecule has 0 radical (unpaired) electrons. The zero-order valence-electron chi connectivity index (χ0n) is 21.4. The van der Waals surface area contributed by atoms with Crippen molar-refractivity contribution in [2.24, 2.45) is 5.92 Å². The van der Waals surface area contributed by atoms with Crippen LogP contribution >= 0.6 is 0 Å². The van der Waals surface area contributed by atoms with E-state index < -0.39 is 11.8 Å². The first-order valence-corrected chi connectivity index (χ1v) is 12.6. The average Bonchev–Trinajstić information content (AvgIpc) is 3.67. The van der Waals surface area contributed by atoms with E-state index in [2.05, 4.69) is 0 Å². The average molecular weight is 488 g/mol. The number of rotatable bonds is 10. The van der Waals surface area contributed by atoms with E-state index in [-0.39, 0.29) is 30.7 Å². The molecular formula is C27H37NO7. The van der Waals surface area contributed by atoms with E-state index in [1.807, 2.05) is 39.0 Å². The summed E-state index contributed by atoms with van der Waals surface area (Å²) >= 11 is 0. The Labute approximate surface area is 207 Å². The maximum Gasteiger partial charge on any atom is 0.314 e. The van der Waals surface area contributed by atoms with Gasteiger partial charge in [0, 0.05) is 13.7 Å². The molecule has 1 aromatic rings. The van der Waals surface area contributed by atoms with Crippen LogP contribution in [0, 0.1) is 19.8 Å². The Bertz CT molecular complexity index is 955. The summed E-state index contributed by atoms with van der Waals surface area (Å²) in [7, 11) is 1.53. The van der Waals surface area contributed by atoms with Gasteiger partial charge in [-0.25, -0.2) is 9.90 Å². The van der Waals surface area contributed by atoms with Gasteiger partial charge in [0.1, 0.15) is 18.1 Å². The molecule has 8 nitrogen and oxygen atoms in total. The number of hydrogen-bond acceptors (Lipinski definition) is 7. The van der Waals surface area contributed by atoms with Gasteiger partial charge in [-0.1, -0.05) is 18.2 Å². The maximum absolute atomic E-state index is 14.0. The maximum atomic E-state index is 14.0. The molecule has 2 saturated carbocycles. The standard InChI is InChI=1S/C27H37NO7/c1-6-32-16-33-21-12-14-27(15-13-21)24(34-26(30)20-10-11-20)23(22-17(2)8-7-9-18(22)3)25(29)28(27)35-19(4)31-5/h7-9,19-21H,6,10-16H2,1-5H3. The van der Waals surface area contributed by atoms with Crippen molar-refractivity contribution in [3.8, 4) is 0 Å². The third-order valence-corrected chi connectivity index (χ3v) is 7.22. The molecule has 1 heterocycles. The van der Waals surface area contributed by atoms with Gasteiger partial charge >= 0.3 is 5.97 Å². The third kappa shape index (κ3) is 5.16. The molecule has 3 aliphatic rings. The number of ether oxygens (including phenoxy) is 4. The summed E-state index contributed by atoms with van der Waals surface area (Å²) in [6.45, 7) is 8.43. The minimum Gasteiger partial charge on any atom is -0.427 e. The number of aryl methyl sites for hydroxylation is 2. The van der Waals surface area contributed by atoms with Gasteiger partial charge in [0.25, 0.3) is 5.91 Å². The molecule has 1 amide bonds. The van der Waals surface area contributed by atoms with Crippen LogP contribution in [0.4, 0.5) is 0 Å². The normalized spacial score (nSPS) is 25.5. The Hall–Kier alpha value is -2.26. The lowest BCUT2D eigenvalue weighted by molar-refractivity contribution is -0.287. The summed E-state index contributed by atoms with van der Waals surface area (Å²) in [6, 6.07) is 5.90. The summed E-state index contributed by atoms with van der Waals surface area (Å²) in [6.07, 6.45) is 3.40. The molecule has 2 fully saturated rings. The van der Waals surface area contributed by atoms with E-state index in [1.165, 1.54) is 12.2 Å². The lowest BCUT2D eigenvalue weighted by Crippen LogP contribution is -2.53. The van der Waals surface area contributed by atoms with E-state index in [0.29, 0.717) is 43.6 Å². The van der Waals surface area contributed by atoms with E-state index in [9.17, 15) is 9.59 Å². The molecule has 1 aliphatic heterocycles. The minimum atomic E-state index is -0.913. The van der Waals surface area contributed by atoms with Gasteiger partial charge in [0.05, 0.1) is 17.6 Å². The van der Waals surface area contributed by atoms with Crippen LogP contribution in [0.2, 0.25) is 0 Å². The van der Waals surface area contributed by atoms with Crippen molar-refractivity contribution in [1.82, 2.24) is 5.06 Å². The molecule has 35 heavy (non-hydrogen) atoms. The molecule has 0 N–H and O–H groups in total. The summed E-state index contributed by atoms with van der Waals surface area (Å²) in [4.78, 5) is 33.1. The molecule has 0 saturated heterocycles. The fourth-order valence-corrected chi connectivity index (χ4v) is 5.03. The van der Waals surface area contributed by atoms with Crippen molar-refractivity contribution < 1.29 is 33.4 Å². The van der Waals surface area contributed by atoms with Crippen LogP contribution in [0.3, 0.4) is 0 Å². The minimum absolute atomic E-state index is 0.00592. The molecule has 1 atom stereocenters. The van der Waals surface area contributed by atoms with Crippen molar-refractivity contribution in [2.75, 3.05) is 20.5 Å². The number of amides is 1. The van der Waals surface area contributed by atoms with E-state index in [1.54, 1.807) is 6.92 Å². The number of carbonyl (C=O) groups is 2. The molecule has 1 aromatic carbocycles. The molecule has 8 heteroatoms. The van der Waals surface area contributed by atoms with Gasteiger partial charge in [-0.15, -0.1) is 0 Å². The van der Waals surface area contributed by atoms with Crippen LogP contribution in [0.15, 0.2) is 24.0 Å². The topological polar surface area (TPSA) is 83.5 Å². The van der Waals surface area contributed by atoms with Crippen LogP contribution in [-0.4, -0.2) is 55.4 Å². The summed E-state index contributed by atoms with van der Waals surface area (Å²) < 4.78 is 22.7. The van der Waals surface area contributed by atoms with Crippen molar-refractivity contribution in [1.29, 1.82) is 0 Å². The molecule has 1 unspecified atom stereocenters. The number of methoxy groups -OCH3 is 1. The highest BCUT2D eigenvalue weighted by molar-refractivity contribution is 6.23. The number of benzene rings is 1. The number of esters is 1. The fraction of sp³-hybridized carbons (Fsp3) is 0.630. The van der Waals surface area contributed by atoms with Crippen LogP contribution < -0.4 is 0 Å². The second-order valence-electron chi connectivity index (χ2n) is 9.68. The lowest BCUT2D eigenvalue weighted by Gasteiger charge is -2.43. The van der Waals surface area contributed by atoms with Crippen molar-refractivity contribution in [2.45, 2.75) is 84.2 Å². The quantitative estimate of drug-likeness (QED) is 0.274. The van der Waals surface area contributed by atoms with Crippen molar-refractivity contribution >= 4 is 17.4 Å². The third-order valence-electron chi connectivity index (χ3n) is 7.22. The van der Waals surface area contributed by atoms with Crippen LogP contribution in [-0.2, 0) is 33.4 Å². The zero-order chi connectivity index (χ0) is 25.2. The smallest absolute Gasteiger partial charge is 0.314 e. The predicted molar refractivity (Wildman–Crippen MR) is 129 cm³/mol. The van der Waals surface area contributed by atoms with Gasteiger partial charge in [-0.05, 0) is 82.9 Å². The molecular weight excluding hydrogens is 450 g/mol. The summed E-state index contributed by atoms with van der Waals surface area (Å²) in [5, 5.41) is 1.41. The first kappa shape index (κ1) is 25.8. The van der Waals surface area contributed by atoms with Crippen molar-refractivity contribution in [3.05, 3.63) is 40.6 Å². The Morgan fingerprint density at radius 1 is 1.14 bits per heavy atom. The predicted octanol–water partition coefficient (Wildman–Crippen LogP) is 4.43. The van der Waals surface area contributed by atoms with Gasteiger partial charge in [0.15, 0.2) is 6.29 Å². The molecule has 4 rings (SSSR count). The Morgan fingerprint density at radius 2 is 1.80 bits per heavy atom. The van der Waals surface area contributed by atoms with Crippen molar-refractivity contribution in [3.63, 3.8) is 0 Å². The number of hydrogen-bond donors (Lipinski definition) is 0. The second kappa shape index (κ2) is 10.8. The number of hydroxylamine groups is 2. The SMILES string of the molecule is CCOCOC1CCC2(CC1)C(OC(=O)C1CC1)=C(c1c(C)cccc1C)C(=O)N2OC(C)OC. The molecule has 192 valence electrons. The first-order chi connectivity index (χ1) is 16.8. The van der Waals surface area contributed by atoms with Crippen LogP contribution in [0.1, 0.15) is 69.1 Å². The van der Waals surface area contributed by atoms with Crippen LogP contribution in [0.5, 0.6) is 0 Å². The van der Waals surface area contributed by atoms with Crippen LogP contribution in [0.25, 0.3) is 5.57 Å². The van der Waals surface area contributed by atoms with Gasteiger partial charge in [-0.2, -0.15) is 0 Å². The molecule has 0 bridgehead atoms. The summed E-state index contributed by atoms with van der Waals surface area (Å²) in [5.41, 5.74) is 2.18. The lowest BCUT2D eigenvalue weighted by atomic mass is 9.78. The van der Waals surface area contributed by atoms with Gasteiger partial charge < -0.3 is 18.9 Å². The van der Waals surface area contributed by atoms with E-state index in [4.69, 9.17) is 23.8 Å². The highest BCUT2D eigenvalue weighted by Gasteiger charge is 2.58. The monoisotopic (exact) mass is 487 g/mol. The van der Waals surface area contributed by atoms with E-state index >= 15 is 0 Å². The largest absolute Gasteiger partial charge is 0.427 e. The summed E-state index contributed by atoms with van der Waals surface area (Å²) in [5.74, 6) is -0.276. The highest BCUT2D eigenvalue weighted by Crippen LogP contribution is 2.51. The molecule has 1 spiro atoms. The highest BCUT2D eigenvalue weighted by atomic mass is 16.8. The Balaban J connectivity index is 1.77. The Morgan fingerprint density at radius 3 is 2.37 bits per heavy atom. The Kier molecular flexibility index (Phi) is 7.96. The zero-order valence-corrected chi connectivity index (χ0v) is 21.4. The van der Waals surface area contributed by atoms with Gasteiger partial charge in [-0.3, -0.25) is 9.59 Å². The molecule has 2 aliphatic carbocycles. The second-order valence-corrected chi connectivity index (χ2v) is 9.68. The first-order valence-electron chi connectivity index (χ1n) is 12.6. The van der Waals surface area contributed by atoms with E-state index in [0.717, 1.165) is 29.5 Å². The number of nitrogens with zero attached hydrogens (tertiary/aromatic N) is 1. The van der Waals surface area contributed by atoms with Gasteiger partial charge in [0.2, 0.25) is 0 Å². The molecule has 0 aromatic heterocycles. The number of carbonyl (C=O) groups excluding carboxylic acids is 2.